The van der Waals surface area contributed by atoms with Crippen LogP contribution in [0.2, 0.25) is 0 Å². The van der Waals surface area contributed by atoms with Gasteiger partial charge in [0, 0.05) is 37.0 Å². The lowest BCUT2D eigenvalue weighted by Crippen LogP contribution is -2.36. The molecule has 39 heavy (non-hydrogen) atoms. The number of nitrogens with zero attached hydrogens (tertiary/aromatic N) is 2. The largest absolute Gasteiger partial charge is 0.360 e. The van der Waals surface area contributed by atoms with Crippen molar-refractivity contribution in [2.75, 3.05) is 41.8 Å². The van der Waals surface area contributed by atoms with E-state index in [1.54, 1.807) is 42.3 Å². The molecule has 0 unspecified atom stereocenters. The number of carbonyl (C=O) groups is 3. The number of hydrogen-bond donors (Lipinski definition) is 2. The summed E-state index contributed by atoms with van der Waals surface area (Å²) in [5.41, 5.74) is 5.15. The third kappa shape index (κ3) is 5.67. The van der Waals surface area contributed by atoms with Crippen molar-refractivity contribution in [3.05, 3.63) is 114 Å². The van der Waals surface area contributed by atoms with Gasteiger partial charge < -0.3 is 20.4 Å². The Kier molecular flexibility index (Phi) is 7.68. The van der Waals surface area contributed by atoms with Crippen molar-refractivity contribution in [1.29, 1.82) is 0 Å². The molecule has 7 heteroatoms. The molecule has 0 saturated carbocycles. The number of amides is 3. The predicted octanol–water partition coefficient (Wildman–Crippen LogP) is 5.21. The van der Waals surface area contributed by atoms with Gasteiger partial charge in [0.25, 0.3) is 11.8 Å². The molecule has 4 aromatic rings. The minimum atomic E-state index is -0.216. The van der Waals surface area contributed by atoms with Gasteiger partial charge in [-0.1, -0.05) is 60.7 Å². The molecule has 0 bridgehead atoms. The molecule has 0 atom stereocenters. The average molecular weight is 519 g/mol. The van der Waals surface area contributed by atoms with Crippen molar-refractivity contribution in [3.63, 3.8) is 0 Å². The van der Waals surface area contributed by atoms with Crippen LogP contribution < -0.4 is 20.4 Å². The molecule has 4 aromatic carbocycles. The molecule has 1 heterocycles. The van der Waals surface area contributed by atoms with Crippen LogP contribution in [0.25, 0.3) is 11.1 Å². The van der Waals surface area contributed by atoms with Gasteiger partial charge >= 0.3 is 0 Å². The van der Waals surface area contributed by atoms with Crippen LogP contribution in [-0.4, -0.2) is 44.4 Å². The van der Waals surface area contributed by atoms with Crippen LogP contribution in [0, 0.1) is 0 Å². The fourth-order valence-electron chi connectivity index (χ4n) is 4.85. The van der Waals surface area contributed by atoms with Crippen molar-refractivity contribution in [2.24, 2.45) is 0 Å². The number of carbonyl (C=O) groups excluding carboxylic acids is 3. The minimum Gasteiger partial charge on any atom is -0.360 e. The fraction of sp³-hybridized carbons (Fsp3) is 0.156. The van der Waals surface area contributed by atoms with Gasteiger partial charge in [-0.25, -0.2) is 0 Å². The molecular formula is C32H30N4O3. The maximum absolute atomic E-state index is 13.6. The summed E-state index contributed by atoms with van der Waals surface area (Å²) < 4.78 is 0. The SMILES string of the molecule is CNC(=O)CN1CCCN(C(=O)c2ccc(NC(=O)c3ccccc3-c3ccccc3)cc2)c2ccccc21. The maximum atomic E-state index is 13.6. The second-order valence-electron chi connectivity index (χ2n) is 9.34. The molecule has 0 radical (unpaired) electrons. The number of benzene rings is 4. The molecule has 2 N–H and O–H groups in total. The minimum absolute atomic E-state index is 0.0754. The van der Waals surface area contributed by atoms with Crippen molar-refractivity contribution < 1.29 is 14.4 Å². The van der Waals surface area contributed by atoms with E-state index in [1.165, 1.54) is 0 Å². The van der Waals surface area contributed by atoms with Crippen LogP contribution in [0.1, 0.15) is 27.1 Å². The van der Waals surface area contributed by atoms with Crippen LogP contribution in [0.3, 0.4) is 0 Å². The smallest absolute Gasteiger partial charge is 0.258 e. The Morgan fingerprint density at radius 1 is 0.744 bits per heavy atom. The lowest BCUT2D eigenvalue weighted by molar-refractivity contribution is -0.119. The molecule has 196 valence electrons. The van der Waals surface area contributed by atoms with E-state index in [9.17, 15) is 14.4 Å². The number of likely N-dealkylation sites (N-methyl/N-ethyl adjacent to an activating group) is 1. The van der Waals surface area contributed by atoms with Crippen LogP contribution in [0.4, 0.5) is 17.1 Å². The number of fused-ring (bicyclic) bond motifs is 1. The fourth-order valence-corrected chi connectivity index (χ4v) is 4.85. The van der Waals surface area contributed by atoms with Gasteiger partial charge in [-0.05, 0) is 60.0 Å². The normalized spacial score (nSPS) is 12.7. The lowest BCUT2D eigenvalue weighted by Gasteiger charge is -2.26. The van der Waals surface area contributed by atoms with Crippen LogP contribution in [0.15, 0.2) is 103 Å². The Balaban J connectivity index is 1.34. The number of nitrogens with one attached hydrogen (secondary N) is 2. The van der Waals surface area contributed by atoms with E-state index in [0.717, 1.165) is 28.9 Å². The molecule has 0 saturated heterocycles. The number of rotatable bonds is 6. The van der Waals surface area contributed by atoms with E-state index in [1.807, 2.05) is 77.7 Å². The zero-order valence-electron chi connectivity index (χ0n) is 21.8. The van der Waals surface area contributed by atoms with Crippen molar-refractivity contribution in [1.82, 2.24) is 5.32 Å². The highest BCUT2D eigenvalue weighted by atomic mass is 16.2. The van der Waals surface area contributed by atoms with Crippen molar-refractivity contribution in [3.8, 4) is 11.1 Å². The van der Waals surface area contributed by atoms with Crippen LogP contribution in [-0.2, 0) is 4.79 Å². The summed E-state index contributed by atoms with van der Waals surface area (Å²) in [4.78, 5) is 42.6. The standard InChI is InChI=1S/C32H30N4O3/c1-33-30(37)22-35-20-9-21-36(29-15-8-7-14-28(29)35)32(39)24-16-18-25(19-17-24)34-31(38)27-13-6-5-12-26(27)23-10-3-2-4-11-23/h2-8,10-19H,9,20-22H2,1H3,(H,33,37)(H,34,38). The van der Waals surface area contributed by atoms with Gasteiger partial charge in [-0.15, -0.1) is 0 Å². The van der Waals surface area contributed by atoms with E-state index in [-0.39, 0.29) is 24.3 Å². The molecule has 5 rings (SSSR count). The quantitative estimate of drug-likeness (QED) is 0.367. The van der Waals surface area contributed by atoms with E-state index in [0.29, 0.717) is 29.9 Å². The molecule has 0 fully saturated rings. The third-order valence-electron chi connectivity index (χ3n) is 6.83. The highest BCUT2D eigenvalue weighted by molar-refractivity contribution is 6.10. The molecule has 0 aliphatic carbocycles. The molecule has 1 aliphatic heterocycles. The zero-order valence-corrected chi connectivity index (χ0v) is 21.8. The Bertz CT molecular complexity index is 1490. The Morgan fingerprint density at radius 2 is 1.41 bits per heavy atom. The Morgan fingerprint density at radius 3 is 2.15 bits per heavy atom. The number of hydrogen-bond acceptors (Lipinski definition) is 4. The zero-order chi connectivity index (χ0) is 27.2. The summed E-state index contributed by atoms with van der Waals surface area (Å²) >= 11 is 0. The molecule has 3 amide bonds. The first-order chi connectivity index (χ1) is 19.0. The van der Waals surface area contributed by atoms with E-state index < -0.39 is 0 Å². The van der Waals surface area contributed by atoms with E-state index in [2.05, 4.69) is 10.6 Å². The highest BCUT2D eigenvalue weighted by Crippen LogP contribution is 2.33. The topological polar surface area (TPSA) is 81.8 Å². The van der Waals surface area contributed by atoms with Crippen LogP contribution in [0.5, 0.6) is 0 Å². The first kappa shape index (κ1) is 25.7. The van der Waals surface area contributed by atoms with Gasteiger partial charge in [-0.2, -0.15) is 0 Å². The Labute approximate surface area is 228 Å². The van der Waals surface area contributed by atoms with Crippen LogP contribution >= 0.6 is 0 Å². The van der Waals surface area contributed by atoms with Crippen molar-refractivity contribution >= 4 is 34.8 Å². The average Bonchev–Trinajstić information content (AvgIpc) is 3.17. The third-order valence-corrected chi connectivity index (χ3v) is 6.83. The number of anilines is 3. The summed E-state index contributed by atoms with van der Waals surface area (Å²) in [5.74, 6) is -0.420. The monoisotopic (exact) mass is 518 g/mol. The lowest BCUT2D eigenvalue weighted by atomic mass is 9.99. The second kappa shape index (κ2) is 11.6. The van der Waals surface area contributed by atoms with E-state index in [4.69, 9.17) is 0 Å². The molecule has 0 spiro atoms. The van der Waals surface area contributed by atoms with Gasteiger partial charge in [0.2, 0.25) is 5.91 Å². The summed E-state index contributed by atoms with van der Waals surface area (Å²) in [6.45, 7) is 1.44. The first-order valence-electron chi connectivity index (χ1n) is 13.0. The predicted molar refractivity (Wildman–Crippen MR) is 155 cm³/mol. The first-order valence-corrected chi connectivity index (χ1v) is 13.0. The summed E-state index contributed by atoms with van der Waals surface area (Å²) in [6.07, 6.45) is 0.729. The van der Waals surface area contributed by atoms with Gasteiger partial charge in [0.1, 0.15) is 0 Å². The molecular weight excluding hydrogens is 488 g/mol. The van der Waals surface area contributed by atoms with Crippen molar-refractivity contribution in [2.45, 2.75) is 6.42 Å². The van der Waals surface area contributed by atoms with E-state index >= 15 is 0 Å². The maximum Gasteiger partial charge on any atom is 0.258 e. The van der Waals surface area contributed by atoms with Gasteiger partial charge in [0.05, 0.1) is 17.9 Å². The molecule has 0 aromatic heterocycles. The molecule has 1 aliphatic rings. The summed E-state index contributed by atoms with van der Waals surface area (Å²) in [5, 5.41) is 5.63. The summed E-state index contributed by atoms with van der Waals surface area (Å²) in [6, 6.07) is 31.9. The molecule has 7 nitrogen and oxygen atoms in total. The van der Waals surface area contributed by atoms with Gasteiger partial charge in [-0.3, -0.25) is 14.4 Å². The number of para-hydroxylation sites is 2. The highest BCUT2D eigenvalue weighted by Gasteiger charge is 2.26. The Hall–Kier alpha value is -4.91. The second-order valence-corrected chi connectivity index (χ2v) is 9.34. The van der Waals surface area contributed by atoms with Gasteiger partial charge in [0.15, 0.2) is 0 Å². The summed E-state index contributed by atoms with van der Waals surface area (Å²) in [7, 11) is 1.62.